The minimum Gasteiger partial charge on any atom is -0.351 e. The third kappa shape index (κ3) is 4.43. The Bertz CT molecular complexity index is 492. The molecule has 1 fully saturated rings. The molecule has 0 bridgehead atoms. The molecule has 0 saturated carbocycles. The van der Waals surface area contributed by atoms with Gasteiger partial charge in [0.25, 0.3) is 0 Å². The second-order valence-corrected chi connectivity index (χ2v) is 7.17. The van der Waals surface area contributed by atoms with E-state index in [1.807, 2.05) is 12.1 Å². The summed E-state index contributed by atoms with van der Waals surface area (Å²) < 4.78 is 22.1. The molecule has 1 N–H and O–H groups in total. The number of rotatable bonds is 6. The highest BCUT2D eigenvalue weighted by Crippen LogP contribution is 2.22. The van der Waals surface area contributed by atoms with E-state index in [0.717, 1.165) is 31.7 Å². The summed E-state index contributed by atoms with van der Waals surface area (Å²) in [7, 11) is -2.88. The lowest BCUT2D eigenvalue weighted by Crippen LogP contribution is -2.39. The Balaban J connectivity index is 1.83. The third-order valence-electron chi connectivity index (χ3n) is 3.26. The molecule has 2 rings (SSSR count). The number of hydrogen-bond donors (Lipinski definition) is 1. The minimum absolute atomic E-state index is 0.185. The van der Waals surface area contributed by atoms with Crippen LogP contribution in [0.1, 0.15) is 12.8 Å². The van der Waals surface area contributed by atoms with Crippen molar-refractivity contribution in [2.24, 2.45) is 0 Å². The Morgan fingerprint density at radius 1 is 1.53 bits per heavy atom. The van der Waals surface area contributed by atoms with Gasteiger partial charge in [-0.25, -0.2) is 8.42 Å². The van der Waals surface area contributed by atoms with Gasteiger partial charge in [-0.05, 0) is 25.0 Å². The van der Waals surface area contributed by atoms with Crippen LogP contribution in [0, 0.1) is 0 Å². The van der Waals surface area contributed by atoms with Gasteiger partial charge in [0.05, 0.1) is 5.75 Å². The van der Waals surface area contributed by atoms with Crippen LogP contribution in [0.3, 0.4) is 0 Å². The van der Waals surface area contributed by atoms with Crippen molar-refractivity contribution in [2.75, 3.05) is 36.5 Å². The maximum atomic E-state index is 11.0. The Morgan fingerprint density at radius 3 is 3.05 bits per heavy atom. The van der Waals surface area contributed by atoms with Crippen molar-refractivity contribution in [2.45, 2.75) is 18.9 Å². The van der Waals surface area contributed by atoms with E-state index in [2.05, 4.69) is 20.4 Å². The number of nitrogens with one attached hydrogen (secondary N) is 1. The Morgan fingerprint density at radius 2 is 2.37 bits per heavy atom. The first kappa shape index (κ1) is 14.2. The number of aromatic nitrogens is 2. The lowest BCUT2D eigenvalue weighted by molar-refractivity contribution is 0.572. The lowest BCUT2D eigenvalue weighted by atomic mass is 10.2. The highest BCUT2D eigenvalue weighted by molar-refractivity contribution is 7.90. The maximum Gasteiger partial charge on any atom is 0.151 e. The van der Waals surface area contributed by atoms with Gasteiger partial charge in [0.2, 0.25) is 0 Å². The molecule has 0 radical (unpaired) electrons. The fourth-order valence-corrected chi connectivity index (χ4v) is 2.84. The molecule has 0 aliphatic carbocycles. The molecule has 1 aliphatic rings. The molecule has 0 amide bonds. The van der Waals surface area contributed by atoms with E-state index in [4.69, 9.17) is 0 Å². The smallest absolute Gasteiger partial charge is 0.151 e. The fourth-order valence-electron chi connectivity index (χ4n) is 2.32. The van der Waals surface area contributed by atoms with E-state index < -0.39 is 9.84 Å². The molecule has 1 unspecified atom stereocenters. The monoisotopic (exact) mass is 284 g/mol. The van der Waals surface area contributed by atoms with Crippen molar-refractivity contribution in [1.29, 1.82) is 0 Å². The second-order valence-electron chi connectivity index (χ2n) is 4.91. The quantitative estimate of drug-likeness (QED) is 0.746. The molecule has 7 heteroatoms. The predicted molar refractivity (Wildman–Crippen MR) is 75.0 cm³/mol. The van der Waals surface area contributed by atoms with Crippen LogP contribution in [0.25, 0.3) is 0 Å². The standard InChI is InChI=1S/C12H20N4O2S/c1-19(17,18)9-7-13-10-11-4-3-8-16(11)12-5-2-6-14-15-12/h2,5-6,11,13H,3-4,7-10H2,1H3. The summed E-state index contributed by atoms with van der Waals surface area (Å²) in [5.74, 6) is 1.08. The van der Waals surface area contributed by atoms with Gasteiger partial charge >= 0.3 is 0 Å². The molecule has 6 nitrogen and oxygen atoms in total. The molecule has 0 spiro atoms. The minimum atomic E-state index is -2.88. The Labute approximate surface area is 114 Å². The van der Waals surface area contributed by atoms with Gasteiger partial charge in [0.1, 0.15) is 9.84 Å². The van der Waals surface area contributed by atoms with Crippen LogP contribution in [0.5, 0.6) is 0 Å². The average Bonchev–Trinajstić information content (AvgIpc) is 2.83. The highest BCUT2D eigenvalue weighted by Gasteiger charge is 2.25. The van der Waals surface area contributed by atoms with Crippen LogP contribution in [-0.4, -0.2) is 56.3 Å². The number of sulfone groups is 1. The molecule has 1 saturated heterocycles. The topological polar surface area (TPSA) is 75.2 Å². The van der Waals surface area contributed by atoms with Crippen molar-refractivity contribution in [3.05, 3.63) is 18.3 Å². The van der Waals surface area contributed by atoms with Crippen molar-refractivity contribution >= 4 is 15.7 Å². The van der Waals surface area contributed by atoms with Gasteiger partial charge in [-0.2, -0.15) is 5.10 Å². The van der Waals surface area contributed by atoms with Crippen LogP contribution in [-0.2, 0) is 9.84 Å². The Hall–Kier alpha value is -1.21. The number of anilines is 1. The van der Waals surface area contributed by atoms with Crippen LogP contribution < -0.4 is 10.2 Å². The first-order valence-electron chi connectivity index (χ1n) is 6.49. The van der Waals surface area contributed by atoms with Gasteiger partial charge < -0.3 is 10.2 Å². The van der Waals surface area contributed by atoms with Crippen molar-refractivity contribution < 1.29 is 8.42 Å². The molecular weight excluding hydrogens is 264 g/mol. The molecule has 1 aliphatic heterocycles. The summed E-state index contributed by atoms with van der Waals surface area (Å²) in [6, 6.07) is 4.22. The molecule has 1 aromatic rings. The average molecular weight is 284 g/mol. The van der Waals surface area contributed by atoms with E-state index >= 15 is 0 Å². The third-order valence-corrected chi connectivity index (χ3v) is 4.20. The van der Waals surface area contributed by atoms with Gasteiger partial charge in [0.15, 0.2) is 5.82 Å². The summed E-state index contributed by atoms with van der Waals surface area (Å²) in [6.07, 6.45) is 5.16. The first-order chi connectivity index (χ1) is 9.06. The molecular formula is C12H20N4O2S. The molecule has 2 heterocycles. The largest absolute Gasteiger partial charge is 0.351 e. The van der Waals surface area contributed by atoms with E-state index in [0.29, 0.717) is 12.6 Å². The maximum absolute atomic E-state index is 11.0. The van der Waals surface area contributed by atoms with Crippen molar-refractivity contribution in [1.82, 2.24) is 15.5 Å². The van der Waals surface area contributed by atoms with Crippen LogP contribution in [0.2, 0.25) is 0 Å². The van der Waals surface area contributed by atoms with Gasteiger partial charge in [-0.1, -0.05) is 0 Å². The highest BCUT2D eigenvalue weighted by atomic mass is 32.2. The first-order valence-corrected chi connectivity index (χ1v) is 8.55. The summed E-state index contributed by atoms with van der Waals surface area (Å²) in [5, 5.41) is 11.2. The molecule has 19 heavy (non-hydrogen) atoms. The fraction of sp³-hybridized carbons (Fsp3) is 0.667. The molecule has 106 valence electrons. The predicted octanol–water partition coefficient (Wildman–Crippen LogP) is 0.0796. The van der Waals surface area contributed by atoms with E-state index in [-0.39, 0.29) is 5.75 Å². The normalized spacial score (nSPS) is 19.8. The van der Waals surface area contributed by atoms with Crippen LogP contribution >= 0.6 is 0 Å². The van der Waals surface area contributed by atoms with Crippen molar-refractivity contribution in [3.8, 4) is 0 Å². The van der Waals surface area contributed by atoms with Gasteiger partial charge in [0, 0.05) is 38.1 Å². The van der Waals surface area contributed by atoms with Gasteiger partial charge in [-0.3, -0.25) is 0 Å². The van der Waals surface area contributed by atoms with E-state index in [1.165, 1.54) is 6.26 Å². The zero-order chi connectivity index (χ0) is 13.7. The molecule has 1 aromatic heterocycles. The zero-order valence-corrected chi connectivity index (χ0v) is 11.9. The van der Waals surface area contributed by atoms with Crippen LogP contribution in [0.15, 0.2) is 18.3 Å². The second kappa shape index (κ2) is 6.29. The number of hydrogen-bond acceptors (Lipinski definition) is 6. The van der Waals surface area contributed by atoms with Crippen molar-refractivity contribution in [3.63, 3.8) is 0 Å². The molecule has 0 aromatic carbocycles. The van der Waals surface area contributed by atoms with E-state index in [1.54, 1.807) is 6.20 Å². The van der Waals surface area contributed by atoms with E-state index in [9.17, 15) is 8.42 Å². The van der Waals surface area contributed by atoms with Crippen LogP contribution in [0.4, 0.5) is 5.82 Å². The summed E-state index contributed by atoms with van der Waals surface area (Å²) in [4.78, 5) is 2.24. The lowest BCUT2D eigenvalue weighted by Gasteiger charge is -2.25. The van der Waals surface area contributed by atoms with Gasteiger partial charge in [-0.15, -0.1) is 5.10 Å². The summed E-state index contributed by atoms with van der Waals surface area (Å²) in [6.45, 7) is 2.27. The Kier molecular flexibility index (Phi) is 4.71. The zero-order valence-electron chi connectivity index (χ0n) is 11.1. The summed E-state index contributed by atoms with van der Waals surface area (Å²) in [5.41, 5.74) is 0. The molecule has 1 atom stereocenters. The summed E-state index contributed by atoms with van der Waals surface area (Å²) >= 11 is 0. The number of nitrogens with zero attached hydrogens (tertiary/aromatic N) is 3. The SMILES string of the molecule is CS(=O)(=O)CCNCC1CCCN1c1cccnn1.